The van der Waals surface area contributed by atoms with Crippen LogP contribution in [0.2, 0.25) is 0 Å². The molecule has 0 bridgehead atoms. The van der Waals surface area contributed by atoms with Crippen molar-refractivity contribution in [3.05, 3.63) is 278 Å². The summed E-state index contributed by atoms with van der Waals surface area (Å²) in [5.74, 6) is 0.553. The Morgan fingerprint density at radius 3 is 1.67 bits per heavy atom. The highest BCUT2D eigenvalue weighted by atomic mass is 14.9. The molecule has 0 N–H and O–H groups in total. The molecule has 0 radical (unpaired) electrons. The van der Waals surface area contributed by atoms with E-state index in [1.165, 1.54) is 77.2 Å². The Labute approximate surface area is 423 Å². The van der Waals surface area contributed by atoms with Crippen LogP contribution in [0.3, 0.4) is 0 Å². The second-order valence-corrected chi connectivity index (χ2v) is 18.7. The summed E-state index contributed by atoms with van der Waals surface area (Å²) in [6, 6.07) is 64.3. The zero-order chi connectivity index (χ0) is 49.3. The minimum atomic E-state index is 0.533. The first-order valence-electron chi connectivity index (χ1n) is 24.7. The van der Waals surface area contributed by atoms with Gasteiger partial charge in [-0.2, -0.15) is 0 Å². The van der Waals surface area contributed by atoms with Crippen molar-refractivity contribution in [2.24, 2.45) is 9.98 Å². The minimum Gasteiger partial charge on any atom is -0.233 e. The molecule has 0 saturated carbocycles. The van der Waals surface area contributed by atoms with Gasteiger partial charge >= 0.3 is 0 Å². The number of aryl methyl sites for hydroxylation is 1. The molecule has 2 aliphatic carbocycles. The molecule has 9 aromatic carbocycles. The molecule has 0 aromatic heterocycles. The molecule has 0 saturated heterocycles. The molecule has 0 unspecified atom stereocenters. The van der Waals surface area contributed by atoms with Crippen LogP contribution < -0.4 is 0 Å². The summed E-state index contributed by atoms with van der Waals surface area (Å²) < 4.78 is 0. The van der Waals surface area contributed by atoms with Crippen molar-refractivity contribution in [2.45, 2.75) is 27.2 Å². The number of fused-ring (bicyclic) bond motifs is 6. The molecule has 0 fully saturated rings. The Morgan fingerprint density at radius 2 is 1.03 bits per heavy atom. The third kappa shape index (κ3) is 8.48. The van der Waals surface area contributed by atoms with Crippen molar-refractivity contribution >= 4 is 33.1 Å². The van der Waals surface area contributed by atoms with Gasteiger partial charge in [-0.05, 0) is 162 Å². The Kier molecular flexibility index (Phi) is 12.3. The van der Waals surface area contributed by atoms with E-state index in [9.17, 15) is 0 Å². The lowest BCUT2D eigenvalue weighted by atomic mass is 9.89. The van der Waals surface area contributed by atoms with Crippen LogP contribution in [0.5, 0.6) is 0 Å². The fourth-order valence-electron chi connectivity index (χ4n) is 10.5. The highest BCUT2D eigenvalue weighted by Crippen LogP contribution is 2.52. The lowest BCUT2D eigenvalue weighted by Gasteiger charge is -2.16. The van der Waals surface area contributed by atoms with E-state index < -0.39 is 0 Å². The Hall–Kier alpha value is -8.98. The number of hydrogen-bond donors (Lipinski definition) is 0. The highest BCUT2D eigenvalue weighted by Gasteiger charge is 2.25. The van der Waals surface area contributed by atoms with E-state index in [0.29, 0.717) is 17.1 Å². The van der Waals surface area contributed by atoms with E-state index in [2.05, 4.69) is 229 Å². The van der Waals surface area contributed by atoms with E-state index in [-0.39, 0.29) is 0 Å². The second-order valence-electron chi connectivity index (χ2n) is 18.7. The summed E-state index contributed by atoms with van der Waals surface area (Å²) >= 11 is 0. The molecule has 72 heavy (non-hydrogen) atoms. The zero-order valence-electron chi connectivity index (χ0n) is 41.1. The van der Waals surface area contributed by atoms with Gasteiger partial charge in [0.2, 0.25) is 0 Å². The number of nitrogens with zero attached hydrogens (tertiary/aromatic N) is 2. The van der Waals surface area contributed by atoms with Crippen LogP contribution >= 0.6 is 0 Å². The van der Waals surface area contributed by atoms with Crippen molar-refractivity contribution in [1.29, 1.82) is 0 Å². The predicted molar refractivity (Wildman–Crippen MR) is 311 cm³/mol. The van der Waals surface area contributed by atoms with Crippen LogP contribution in [0.25, 0.3) is 99.4 Å². The smallest absolute Gasteiger partial charge is 0.160 e. The van der Waals surface area contributed by atoms with Gasteiger partial charge in [0, 0.05) is 11.3 Å². The van der Waals surface area contributed by atoms with Crippen molar-refractivity contribution in [3.8, 4) is 77.9 Å². The van der Waals surface area contributed by atoms with Crippen LogP contribution in [0.1, 0.15) is 37.0 Å². The minimum absolute atomic E-state index is 0.533. The predicted octanol–water partition coefficient (Wildman–Crippen LogP) is 19.1. The van der Waals surface area contributed by atoms with Gasteiger partial charge in [-0.25, -0.2) is 9.98 Å². The van der Waals surface area contributed by atoms with Gasteiger partial charge in [-0.1, -0.05) is 232 Å². The number of amidine groups is 1. The number of rotatable bonds is 13. The first kappa shape index (κ1) is 45.5. The zero-order valence-corrected chi connectivity index (χ0v) is 41.1. The van der Waals surface area contributed by atoms with Gasteiger partial charge in [0.25, 0.3) is 0 Å². The largest absolute Gasteiger partial charge is 0.233 e. The molecule has 0 spiro atoms. The van der Waals surface area contributed by atoms with Crippen molar-refractivity contribution < 1.29 is 0 Å². The molecular weight excluding hydrogens is 869 g/mol. The lowest BCUT2D eigenvalue weighted by Crippen LogP contribution is -2.05. The normalized spacial score (nSPS) is 13.0. The average molecular weight is 923 g/mol. The Bertz CT molecular complexity index is 3850. The summed E-state index contributed by atoms with van der Waals surface area (Å²) in [6.45, 7) is 19.1. The van der Waals surface area contributed by atoms with Crippen LogP contribution in [0.4, 0.5) is 0 Å². The maximum absolute atomic E-state index is 5.46. The van der Waals surface area contributed by atoms with Gasteiger partial charge in [-0.15, -0.1) is 0 Å². The molecule has 2 aliphatic rings. The summed E-state index contributed by atoms with van der Waals surface area (Å²) in [6.07, 6.45) is 16.8. The topological polar surface area (TPSA) is 24.7 Å². The number of hydrogen-bond acceptors (Lipinski definition) is 1. The van der Waals surface area contributed by atoms with Gasteiger partial charge in [0.15, 0.2) is 5.84 Å². The van der Waals surface area contributed by atoms with E-state index in [4.69, 9.17) is 9.98 Å². The second kappa shape index (κ2) is 19.4. The van der Waals surface area contributed by atoms with E-state index >= 15 is 0 Å². The van der Waals surface area contributed by atoms with E-state index in [1.807, 2.05) is 30.4 Å². The Morgan fingerprint density at radius 1 is 0.472 bits per heavy atom. The molecule has 0 heterocycles. The lowest BCUT2D eigenvalue weighted by molar-refractivity contribution is 1.26. The highest BCUT2D eigenvalue weighted by molar-refractivity contribution is 6.21. The monoisotopic (exact) mass is 922 g/mol. The number of benzene rings is 9. The van der Waals surface area contributed by atoms with Gasteiger partial charge in [0.05, 0.1) is 5.70 Å². The number of aliphatic imine (C=N–C) groups is 2. The molecule has 344 valence electrons. The maximum Gasteiger partial charge on any atom is 0.160 e. The molecule has 11 rings (SSSR count). The molecule has 2 nitrogen and oxygen atoms in total. The van der Waals surface area contributed by atoms with E-state index in [1.54, 1.807) is 6.08 Å². The van der Waals surface area contributed by atoms with Crippen molar-refractivity contribution in [3.63, 3.8) is 0 Å². The number of allylic oxidation sites excluding steroid dienone is 9. The Balaban J connectivity index is 1.09. The molecule has 0 amide bonds. The van der Waals surface area contributed by atoms with Crippen molar-refractivity contribution in [1.82, 2.24) is 0 Å². The third-order valence-corrected chi connectivity index (χ3v) is 14.2. The third-order valence-electron chi connectivity index (χ3n) is 14.2. The molecule has 2 heteroatoms. The maximum atomic E-state index is 5.46. The van der Waals surface area contributed by atoms with E-state index in [0.717, 1.165) is 56.6 Å². The summed E-state index contributed by atoms with van der Waals surface area (Å²) in [7, 11) is 0. The van der Waals surface area contributed by atoms with Crippen LogP contribution in [0, 0.1) is 6.92 Å². The first-order chi connectivity index (χ1) is 35.3. The molecular formula is C70H54N2. The van der Waals surface area contributed by atoms with Crippen LogP contribution in [-0.4, -0.2) is 11.5 Å². The fraction of sp³-hybridized carbons (Fsp3) is 0.0571. The average Bonchev–Trinajstić information content (AvgIpc) is 3.92. The quantitative estimate of drug-likeness (QED) is 0.0625. The summed E-state index contributed by atoms with van der Waals surface area (Å²) in [5.41, 5.74) is 23.3. The first-order valence-corrected chi connectivity index (χ1v) is 24.7. The fourth-order valence-corrected chi connectivity index (χ4v) is 10.5. The standard InChI is InChI=1S/C70H54N2/c1-7-9-10-11-13-20-49(8-2)31-30-46(4)47(5)71-70(72-48(6)50-32-34-52(35-33-50)51-21-14-12-15-22-51)55-43-53(56-37-39-65-59-24-17-16-23-58(59)63-27-18-25-61(56)68(63)65)42-54(44-55)57-38-40-66-67-41-45(3)29-36-60(67)64-28-19-26-62(57)69(64)66/h7-19,21-44H,1,4-5,20H2,2-3,6H3/b10-9-,13-11-,31-30-,49-8-,71-70-,72-48+. The van der Waals surface area contributed by atoms with Gasteiger partial charge in [0.1, 0.15) is 0 Å². The van der Waals surface area contributed by atoms with Gasteiger partial charge < -0.3 is 0 Å². The van der Waals surface area contributed by atoms with Gasteiger partial charge in [-0.3, -0.25) is 0 Å². The molecule has 0 aliphatic heterocycles. The molecule has 9 aromatic rings. The van der Waals surface area contributed by atoms with Crippen molar-refractivity contribution in [2.75, 3.05) is 0 Å². The van der Waals surface area contributed by atoms with Crippen LogP contribution in [-0.2, 0) is 0 Å². The SMILES string of the molecule is C=C/C=C\C=C/CC(/C=C\C(=C)C(=C)/N=C(\N=C(/C)c1ccc(-c2ccccc2)cc1)c1cc(-c2ccc3c4c(cccc24)-c2ccccc2-3)cc(-c2ccc3c4c(cccc24)-c2ccc(C)cc2-3)c1)=C/C. The molecule has 0 atom stereocenters. The summed E-state index contributed by atoms with van der Waals surface area (Å²) in [5, 5.41) is 4.99. The summed E-state index contributed by atoms with van der Waals surface area (Å²) in [4.78, 5) is 10.8. The van der Waals surface area contributed by atoms with Crippen LogP contribution in [0.15, 0.2) is 271 Å².